The second-order valence-electron chi connectivity index (χ2n) is 6.38. The minimum absolute atomic E-state index is 0.0980. The van der Waals surface area contributed by atoms with Gasteiger partial charge in [-0.3, -0.25) is 4.79 Å². The molecule has 1 aliphatic carbocycles. The zero-order valence-corrected chi connectivity index (χ0v) is 14.1. The maximum absolute atomic E-state index is 13.8. The van der Waals surface area contributed by atoms with Crippen LogP contribution in [0.1, 0.15) is 36.3 Å². The predicted octanol–water partition coefficient (Wildman–Crippen LogP) is 2.52. The first-order valence-corrected chi connectivity index (χ1v) is 9.15. The van der Waals surface area contributed by atoms with Gasteiger partial charge in [0.2, 0.25) is 11.0 Å². The molecule has 1 atom stereocenters. The molecule has 0 radical (unpaired) electrons. The zero-order valence-electron chi connectivity index (χ0n) is 13.2. The fourth-order valence-electron chi connectivity index (χ4n) is 3.03. The Morgan fingerprint density at radius 3 is 2.92 bits per heavy atom. The van der Waals surface area contributed by atoms with Crippen molar-refractivity contribution in [1.29, 1.82) is 0 Å². The van der Waals surface area contributed by atoms with Crippen LogP contribution in [0.5, 0.6) is 0 Å². The summed E-state index contributed by atoms with van der Waals surface area (Å²) in [5.74, 6) is -0.127. The fraction of sp³-hybridized carbons (Fsp3) is 0.471. The van der Waals surface area contributed by atoms with Crippen LogP contribution in [0.2, 0.25) is 0 Å². The molecule has 1 aromatic carbocycles. The average Bonchev–Trinajstić information content (AvgIpc) is 3.08. The zero-order chi connectivity index (χ0) is 16.5. The van der Waals surface area contributed by atoms with Crippen molar-refractivity contribution in [1.82, 2.24) is 15.5 Å². The highest BCUT2D eigenvalue weighted by Crippen LogP contribution is 2.30. The molecule has 0 spiro atoms. The van der Waals surface area contributed by atoms with Gasteiger partial charge < -0.3 is 10.2 Å². The number of hydrogen-bond acceptors (Lipinski definition) is 5. The largest absolute Gasteiger partial charge is 0.352 e. The van der Waals surface area contributed by atoms with Crippen LogP contribution in [-0.2, 0) is 11.2 Å². The first-order chi connectivity index (χ1) is 11.7. The molecule has 4 rings (SSSR count). The molecule has 5 nitrogen and oxygen atoms in total. The molecule has 0 bridgehead atoms. The van der Waals surface area contributed by atoms with E-state index in [2.05, 4.69) is 15.5 Å². The summed E-state index contributed by atoms with van der Waals surface area (Å²) >= 11 is 1.45. The SMILES string of the molecule is O=C(NC1CC1)[C@H]1CCCN1c1nnc(Cc2ccccc2F)s1. The van der Waals surface area contributed by atoms with E-state index < -0.39 is 0 Å². The van der Waals surface area contributed by atoms with E-state index >= 15 is 0 Å². The Balaban J connectivity index is 1.47. The van der Waals surface area contributed by atoms with E-state index in [9.17, 15) is 9.18 Å². The molecule has 1 aromatic heterocycles. The molecule has 2 heterocycles. The van der Waals surface area contributed by atoms with Crippen LogP contribution in [0.4, 0.5) is 9.52 Å². The van der Waals surface area contributed by atoms with Gasteiger partial charge in [0.25, 0.3) is 0 Å². The highest BCUT2D eigenvalue weighted by atomic mass is 32.1. The summed E-state index contributed by atoms with van der Waals surface area (Å²) in [6, 6.07) is 6.93. The third-order valence-corrected chi connectivity index (χ3v) is 5.44. The van der Waals surface area contributed by atoms with Gasteiger partial charge in [0, 0.05) is 19.0 Å². The molecule has 1 amide bonds. The smallest absolute Gasteiger partial charge is 0.243 e. The van der Waals surface area contributed by atoms with Gasteiger partial charge in [-0.25, -0.2) is 4.39 Å². The number of nitrogens with one attached hydrogen (secondary N) is 1. The van der Waals surface area contributed by atoms with Crippen LogP contribution in [0, 0.1) is 5.82 Å². The molecule has 0 unspecified atom stereocenters. The normalized spacial score (nSPS) is 20.4. The maximum atomic E-state index is 13.8. The number of benzene rings is 1. The van der Waals surface area contributed by atoms with Crippen LogP contribution in [0.25, 0.3) is 0 Å². The second-order valence-corrected chi connectivity index (χ2v) is 7.42. The summed E-state index contributed by atoms with van der Waals surface area (Å²) in [5.41, 5.74) is 0.615. The molecule has 126 valence electrons. The van der Waals surface area contributed by atoms with E-state index in [0.29, 0.717) is 18.0 Å². The summed E-state index contributed by atoms with van der Waals surface area (Å²) in [6.07, 6.45) is 4.43. The number of rotatable bonds is 5. The molecular formula is C17H19FN4OS. The van der Waals surface area contributed by atoms with Gasteiger partial charge in [0.1, 0.15) is 16.9 Å². The molecule has 2 aliphatic rings. The number of aromatic nitrogens is 2. The third-order valence-electron chi connectivity index (χ3n) is 4.48. The first-order valence-electron chi connectivity index (χ1n) is 8.33. The van der Waals surface area contributed by atoms with Gasteiger partial charge in [-0.05, 0) is 37.3 Å². The Morgan fingerprint density at radius 2 is 2.12 bits per heavy atom. The van der Waals surface area contributed by atoms with Gasteiger partial charge in [-0.15, -0.1) is 10.2 Å². The van der Waals surface area contributed by atoms with E-state index in [0.717, 1.165) is 42.4 Å². The fourth-order valence-corrected chi connectivity index (χ4v) is 3.97. The Morgan fingerprint density at radius 1 is 1.29 bits per heavy atom. The monoisotopic (exact) mass is 346 g/mol. The van der Waals surface area contributed by atoms with E-state index in [-0.39, 0.29) is 17.8 Å². The minimum atomic E-state index is -0.225. The summed E-state index contributed by atoms with van der Waals surface area (Å²) in [7, 11) is 0. The Bertz CT molecular complexity index is 746. The highest BCUT2D eigenvalue weighted by Gasteiger charge is 2.35. The van der Waals surface area contributed by atoms with Crippen molar-refractivity contribution in [3.63, 3.8) is 0 Å². The molecule has 2 fully saturated rings. The van der Waals surface area contributed by atoms with Gasteiger partial charge in [0.05, 0.1) is 0 Å². The molecule has 1 saturated carbocycles. The van der Waals surface area contributed by atoms with Crippen LogP contribution in [-0.4, -0.2) is 34.7 Å². The standard InChI is InChI=1S/C17H19FN4OS/c18-13-5-2-1-4-11(13)10-15-20-21-17(24-15)22-9-3-6-14(22)16(23)19-12-7-8-12/h1-2,4-5,12,14H,3,6-10H2,(H,19,23)/t14-/m1/s1. The van der Waals surface area contributed by atoms with E-state index in [1.807, 2.05) is 11.0 Å². The van der Waals surface area contributed by atoms with Crippen molar-refractivity contribution in [2.24, 2.45) is 0 Å². The molecule has 1 N–H and O–H groups in total. The van der Waals surface area contributed by atoms with Gasteiger partial charge in [0.15, 0.2) is 0 Å². The lowest BCUT2D eigenvalue weighted by Crippen LogP contribution is -2.44. The van der Waals surface area contributed by atoms with Crippen LogP contribution in [0.15, 0.2) is 24.3 Å². The molecule has 1 saturated heterocycles. The topological polar surface area (TPSA) is 58.1 Å². The second kappa shape index (κ2) is 6.47. The van der Waals surface area contributed by atoms with Crippen molar-refractivity contribution >= 4 is 22.4 Å². The lowest BCUT2D eigenvalue weighted by molar-refractivity contribution is -0.122. The van der Waals surface area contributed by atoms with Crippen LogP contribution in [0.3, 0.4) is 0 Å². The van der Waals surface area contributed by atoms with Crippen LogP contribution < -0.4 is 10.2 Å². The molecular weight excluding hydrogens is 327 g/mol. The van der Waals surface area contributed by atoms with Crippen molar-refractivity contribution < 1.29 is 9.18 Å². The average molecular weight is 346 g/mol. The Labute approximate surface area is 143 Å². The number of halogens is 1. The maximum Gasteiger partial charge on any atom is 0.243 e. The van der Waals surface area contributed by atoms with Crippen molar-refractivity contribution in [3.8, 4) is 0 Å². The molecule has 1 aliphatic heterocycles. The van der Waals surface area contributed by atoms with E-state index in [1.54, 1.807) is 12.1 Å². The molecule has 2 aromatic rings. The number of amides is 1. The molecule has 7 heteroatoms. The summed E-state index contributed by atoms with van der Waals surface area (Å²) in [4.78, 5) is 14.4. The summed E-state index contributed by atoms with van der Waals surface area (Å²) in [6.45, 7) is 0.817. The lowest BCUT2D eigenvalue weighted by atomic mass is 10.1. The highest BCUT2D eigenvalue weighted by molar-refractivity contribution is 7.15. The third kappa shape index (κ3) is 3.26. The van der Waals surface area contributed by atoms with E-state index in [1.165, 1.54) is 17.4 Å². The van der Waals surface area contributed by atoms with Gasteiger partial charge in [-0.1, -0.05) is 29.5 Å². The van der Waals surface area contributed by atoms with Crippen LogP contribution >= 0.6 is 11.3 Å². The molecule has 24 heavy (non-hydrogen) atoms. The van der Waals surface area contributed by atoms with Gasteiger partial charge in [-0.2, -0.15) is 0 Å². The summed E-state index contributed by atoms with van der Waals surface area (Å²) in [5, 5.41) is 13.0. The number of carbonyl (C=O) groups excluding carboxylic acids is 1. The number of nitrogens with zero attached hydrogens (tertiary/aromatic N) is 3. The lowest BCUT2D eigenvalue weighted by Gasteiger charge is -2.22. The Hall–Kier alpha value is -2.02. The van der Waals surface area contributed by atoms with E-state index in [4.69, 9.17) is 0 Å². The first kappa shape index (κ1) is 15.5. The quantitative estimate of drug-likeness (QED) is 0.904. The van der Waals surface area contributed by atoms with Crippen molar-refractivity contribution in [2.45, 2.75) is 44.2 Å². The number of anilines is 1. The predicted molar refractivity (Wildman–Crippen MR) is 90.6 cm³/mol. The minimum Gasteiger partial charge on any atom is -0.352 e. The number of carbonyl (C=O) groups is 1. The number of hydrogen-bond donors (Lipinski definition) is 1. The van der Waals surface area contributed by atoms with Gasteiger partial charge >= 0.3 is 0 Å². The van der Waals surface area contributed by atoms with Crippen molar-refractivity contribution in [3.05, 3.63) is 40.7 Å². The van der Waals surface area contributed by atoms with Crippen molar-refractivity contribution in [2.75, 3.05) is 11.4 Å². The summed E-state index contributed by atoms with van der Waals surface area (Å²) < 4.78 is 13.8. The Kier molecular flexibility index (Phi) is 4.18.